The molecule has 38 heavy (non-hydrogen) atoms. The number of carbonyl (C=O) groups excluding carboxylic acids is 2. The first-order valence-electron chi connectivity index (χ1n) is 12.4. The normalized spacial score (nSPS) is 20.9. The van der Waals surface area contributed by atoms with Crippen molar-refractivity contribution in [1.29, 1.82) is 0 Å². The average molecular weight is 571 g/mol. The first kappa shape index (κ1) is 28.3. The fraction of sp³-hybridized carbons (Fsp3) is 0.500. The minimum Gasteiger partial charge on any atom is -0.476 e. The molecule has 0 spiro atoms. The highest BCUT2D eigenvalue weighted by molar-refractivity contribution is 6.36. The Balaban J connectivity index is 1.37. The van der Waals surface area contributed by atoms with Gasteiger partial charge < -0.3 is 25.4 Å². The van der Waals surface area contributed by atoms with Gasteiger partial charge in [-0.2, -0.15) is 0 Å². The molecule has 2 fully saturated rings. The summed E-state index contributed by atoms with van der Waals surface area (Å²) >= 11 is 12.3. The quantitative estimate of drug-likeness (QED) is 0.414. The van der Waals surface area contributed by atoms with Crippen LogP contribution in [0.3, 0.4) is 0 Å². The third-order valence-electron chi connectivity index (χ3n) is 6.94. The van der Waals surface area contributed by atoms with Crippen molar-refractivity contribution in [2.75, 3.05) is 11.4 Å². The average Bonchev–Trinajstić information content (AvgIpc) is 3.14. The fourth-order valence-corrected chi connectivity index (χ4v) is 5.55. The molecule has 0 radical (unpaired) electrons. The number of aromatic nitrogens is 1. The maximum absolute atomic E-state index is 13.2. The van der Waals surface area contributed by atoms with Gasteiger partial charge in [0.2, 0.25) is 0 Å². The van der Waals surface area contributed by atoms with Crippen molar-refractivity contribution in [2.45, 2.75) is 76.3 Å². The van der Waals surface area contributed by atoms with Crippen molar-refractivity contribution in [3.8, 4) is 5.75 Å². The lowest BCUT2D eigenvalue weighted by atomic mass is 9.96. The van der Waals surface area contributed by atoms with Crippen LogP contribution < -0.4 is 20.3 Å². The number of benzene rings is 1. The molecule has 8 nitrogen and oxygen atoms in total. The smallest absolute Gasteiger partial charge is 0.263 e. The van der Waals surface area contributed by atoms with Gasteiger partial charge >= 0.3 is 0 Å². The Hall–Kier alpha value is -2.69. The zero-order chi connectivity index (χ0) is 27.6. The highest BCUT2D eigenvalue weighted by Crippen LogP contribution is 2.39. The van der Waals surface area contributed by atoms with Gasteiger partial charge in [0.15, 0.2) is 5.60 Å². The second-order valence-electron chi connectivity index (χ2n) is 10.1. The summed E-state index contributed by atoms with van der Waals surface area (Å²) in [4.78, 5) is 31.8. The number of hydrogen-bond donors (Lipinski definition) is 3. The molecular weight excluding hydrogens is 541 g/mol. The summed E-state index contributed by atoms with van der Waals surface area (Å²) in [6, 6.07) is 6.57. The molecule has 2 amide bonds. The molecule has 2 aliphatic rings. The molecule has 3 N–H and O–H groups in total. The van der Waals surface area contributed by atoms with Crippen LogP contribution >= 0.6 is 23.2 Å². The Morgan fingerprint density at radius 3 is 2.45 bits per heavy atom. The van der Waals surface area contributed by atoms with Gasteiger partial charge in [0.25, 0.3) is 18.2 Å². The second-order valence-corrected chi connectivity index (χ2v) is 10.9. The van der Waals surface area contributed by atoms with Crippen molar-refractivity contribution >= 4 is 40.8 Å². The molecule has 0 saturated carbocycles. The number of piperidine rings is 1. The summed E-state index contributed by atoms with van der Waals surface area (Å²) in [5, 5.41) is 15.3. The predicted octanol–water partition coefficient (Wildman–Crippen LogP) is 4.35. The molecule has 12 heteroatoms. The van der Waals surface area contributed by atoms with Crippen LogP contribution in [0.1, 0.15) is 55.5 Å². The van der Waals surface area contributed by atoms with Gasteiger partial charge in [-0.1, -0.05) is 23.2 Å². The van der Waals surface area contributed by atoms with Crippen LogP contribution in [0.4, 0.5) is 14.6 Å². The number of anilines is 1. The summed E-state index contributed by atoms with van der Waals surface area (Å²) in [6.07, 6.45) is 2.10. The zero-order valence-corrected chi connectivity index (χ0v) is 22.5. The Labute approximate surface area is 229 Å². The summed E-state index contributed by atoms with van der Waals surface area (Å²) in [5.74, 6) is 0.0937. The van der Waals surface area contributed by atoms with Gasteiger partial charge in [0.05, 0.1) is 23.7 Å². The Morgan fingerprint density at radius 1 is 1.18 bits per heavy atom. The highest BCUT2D eigenvalue weighted by atomic mass is 35.5. The van der Waals surface area contributed by atoms with E-state index in [9.17, 15) is 23.5 Å². The lowest BCUT2D eigenvalue weighted by Crippen LogP contribution is -2.55. The lowest BCUT2D eigenvalue weighted by molar-refractivity contribution is -0.135. The van der Waals surface area contributed by atoms with Crippen LogP contribution in [0, 0.1) is 0 Å². The molecule has 2 aliphatic heterocycles. The highest BCUT2D eigenvalue weighted by Gasteiger charge is 2.43. The van der Waals surface area contributed by atoms with E-state index in [0.717, 1.165) is 12.8 Å². The maximum Gasteiger partial charge on any atom is 0.263 e. The maximum atomic E-state index is 13.2. The van der Waals surface area contributed by atoms with Crippen LogP contribution in [0.5, 0.6) is 5.75 Å². The summed E-state index contributed by atoms with van der Waals surface area (Å²) in [6.45, 7) is 2.31. The van der Waals surface area contributed by atoms with Crippen LogP contribution in [0.2, 0.25) is 10.0 Å². The van der Waals surface area contributed by atoms with Crippen molar-refractivity contribution in [3.05, 3.63) is 51.6 Å². The predicted molar refractivity (Wildman–Crippen MR) is 140 cm³/mol. The molecule has 206 valence electrons. The fourth-order valence-electron chi connectivity index (χ4n) is 5.07. The number of ether oxygens (including phenoxy) is 1. The Kier molecular flexibility index (Phi) is 8.64. The molecule has 1 aromatic carbocycles. The van der Waals surface area contributed by atoms with E-state index >= 15 is 0 Å². The number of halogens is 4. The van der Waals surface area contributed by atoms with E-state index in [0.29, 0.717) is 29.2 Å². The topological polar surface area (TPSA) is 104 Å². The van der Waals surface area contributed by atoms with E-state index in [2.05, 4.69) is 20.5 Å². The van der Waals surface area contributed by atoms with Crippen molar-refractivity contribution in [3.63, 3.8) is 0 Å². The van der Waals surface area contributed by atoms with Crippen molar-refractivity contribution in [2.24, 2.45) is 0 Å². The van der Waals surface area contributed by atoms with Crippen LogP contribution in [-0.4, -0.2) is 58.6 Å². The van der Waals surface area contributed by atoms with Gasteiger partial charge in [-0.05, 0) is 69.4 Å². The van der Waals surface area contributed by atoms with Gasteiger partial charge in [-0.15, -0.1) is 0 Å². The minimum atomic E-state index is -2.62. The number of carbonyl (C=O) groups is 2. The van der Waals surface area contributed by atoms with E-state index < -0.39 is 24.5 Å². The van der Waals surface area contributed by atoms with E-state index in [4.69, 9.17) is 27.9 Å². The Morgan fingerprint density at radius 2 is 1.87 bits per heavy atom. The summed E-state index contributed by atoms with van der Waals surface area (Å²) in [5.41, 5.74) is -0.567. The number of pyridine rings is 1. The summed E-state index contributed by atoms with van der Waals surface area (Å²) < 4.78 is 30.7. The first-order valence-corrected chi connectivity index (χ1v) is 13.1. The third-order valence-corrected chi connectivity index (χ3v) is 7.59. The number of nitrogens with zero attached hydrogens (tertiary/aromatic N) is 2. The van der Waals surface area contributed by atoms with Crippen molar-refractivity contribution in [1.82, 2.24) is 15.6 Å². The molecule has 1 aromatic heterocycles. The van der Waals surface area contributed by atoms with Gasteiger partial charge in [0, 0.05) is 29.3 Å². The lowest BCUT2D eigenvalue weighted by Gasteiger charge is -2.40. The number of aliphatic hydroxyl groups is 1. The van der Waals surface area contributed by atoms with Gasteiger partial charge in [-0.3, -0.25) is 9.59 Å². The molecule has 2 bridgehead atoms. The SMILES string of the molecule is CC(C)(Oc1cc(CO)c(Cl)cc1Cl)C(=O)NC1CC2CCC(C1)N2c1ccc(C(=O)NCC(F)F)cn1. The van der Waals surface area contributed by atoms with Crippen LogP contribution in [-0.2, 0) is 11.4 Å². The van der Waals surface area contributed by atoms with Crippen LogP contribution in [0.25, 0.3) is 0 Å². The number of rotatable bonds is 9. The largest absolute Gasteiger partial charge is 0.476 e. The molecule has 4 rings (SSSR count). The van der Waals surface area contributed by atoms with Crippen LogP contribution in [0.15, 0.2) is 30.5 Å². The zero-order valence-electron chi connectivity index (χ0n) is 21.0. The molecule has 2 saturated heterocycles. The number of fused-ring (bicyclic) bond motifs is 2. The standard InChI is InChI=1S/C26H30Cl2F2N4O4/c1-26(2,38-21-7-15(13-35)19(27)10-20(21)28)25(37)33-16-8-17-4-5-18(9-16)34(17)23-6-3-14(11-31-23)24(36)32-12-22(29)30/h3,6-7,10-11,16-18,22,35H,4-5,8-9,12-13H2,1-2H3,(H,32,36)(H,33,37). The van der Waals surface area contributed by atoms with Crippen molar-refractivity contribution < 1.29 is 28.2 Å². The second kappa shape index (κ2) is 11.6. The molecule has 3 heterocycles. The molecular formula is C26H30Cl2F2N4O4. The monoisotopic (exact) mass is 570 g/mol. The summed E-state index contributed by atoms with van der Waals surface area (Å²) in [7, 11) is 0. The number of hydrogen-bond acceptors (Lipinski definition) is 6. The molecule has 2 atom stereocenters. The van der Waals surface area contributed by atoms with E-state index in [1.54, 1.807) is 26.0 Å². The number of amides is 2. The molecule has 2 aromatic rings. The molecule has 0 aliphatic carbocycles. The number of nitrogens with one attached hydrogen (secondary N) is 2. The van der Waals surface area contributed by atoms with E-state index in [1.807, 2.05) is 0 Å². The molecule has 2 unspecified atom stereocenters. The Bertz CT molecular complexity index is 1170. The minimum absolute atomic E-state index is 0.0628. The first-order chi connectivity index (χ1) is 18.0. The number of aliphatic hydroxyl groups excluding tert-OH is 1. The third kappa shape index (κ3) is 6.30. The van der Waals surface area contributed by atoms with E-state index in [-0.39, 0.29) is 47.0 Å². The van der Waals surface area contributed by atoms with E-state index in [1.165, 1.54) is 18.3 Å². The van der Waals surface area contributed by atoms with Gasteiger partial charge in [0.1, 0.15) is 11.6 Å². The van der Waals surface area contributed by atoms with Gasteiger partial charge in [-0.25, -0.2) is 13.8 Å². The number of alkyl halides is 2.